The van der Waals surface area contributed by atoms with Crippen LogP contribution in [0.4, 0.5) is 0 Å². The monoisotopic (exact) mass is 487 g/mol. The first kappa shape index (κ1) is 27.5. The molecule has 0 fully saturated rings. The van der Waals surface area contributed by atoms with Crippen LogP contribution in [-0.4, -0.2) is 55.9 Å². The molecule has 0 aliphatic carbocycles. The van der Waals surface area contributed by atoms with E-state index in [1.165, 1.54) is 14.2 Å². The molecule has 3 N–H and O–H groups in total. The maximum Gasteiger partial charge on any atom is 0.246 e. The van der Waals surface area contributed by atoms with Gasteiger partial charge in [-0.3, -0.25) is 19.6 Å². The summed E-state index contributed by atoms with van der Waals surface area (Å²) in [5, 5.41) is 16.2. The van der Waals surface area contributed by atoms with Crippen molar-refractivity contribution in [2.75, 3.05) is 27.9 Å². The lowest BCUT2D eigenvalue weighted by Crippen LogP contribution is -2.29. The van der Waals surface area contributed by atoms with E-state index in [0.29, 0.717) is 53.9 Å². The van der Waals surface area contributed by atoms with E-state index in [9.17, 15) is 19.6 Å². The van der Waals surface area contributed by atoms with E-state index in [1.807, 2.05) is 30.3 Å². The summed E-state index contributed by atoms with van der Waals surface area (Å²) in [5.74, 6) is 0.212. The molecule has 190 valence electrons. The summed E-state index contributed by atoms with van der Waals surface area (Å²) in [6.07, 6.45) is 0.659. The highest BCUT2D eigenvalue weighted by Crippen LogP contribution is 2.35. The Morgan fingerprint density at radius 1 is 0.943 bits per heavy atom. The molecule has 0 bridgehead atoms. The van der Waals surface area contributed by atoms with E-state index in [1.54, 1.807) is 19.2 Å². The van der Waals surface area contributed by atoms with Gasteiger partial charge in [-0.1, -0.05) is 30.3 Å². The molecule has 0 radical (unpaired) electrons. The third-order valence-corrected chi connectivity index (χ3v) is 5.17. The number of benzene rings is 2. The Labute approximate surface area is 205 Å². The van der Waals surface area contributed by atoms with Crippen LogP contribution in [0.1, 0.15) is 36.8 Å². The molecule has 0 aliphatic heterocycles. The van der Waals surface area contributed by atoms with Crippen molar-refractivity contribution in [3.63, 3.8) is 0 Å². The van der Waals surface area contributed by atoms with Crippen molar-refractivity contribution in [1.29, 1.82) is 0 Å². The second-order valence-corrected chi connectivity index (χ2v) is 7.65. The first-order valence-corrected chi connectivity index (χ1v) is 11.3. The van der Waals surface area contributed by atoms with E-state index in [-0.39, 0.29) is 31.2 Å². The second-order valence-electron chi connectivity index (χ2n) is 7.65. The molecule has 0 spiro atoms. The van der Waals surface area contributed by atoms with Crippen molar-refractivity contribution >= 4 is 17.7 Å². The Balaban J connectivity index is 1.91. The van der Waals surface area contributed by atoms with Crippen LogP contribution < -0.4 is 24.8 Å². The molecule has 2 aromatic rings. The number of nitrogens with one attached hydrogen (secondary N) is 2. The molecule has 0 saturated heterocycles. The predicted octanol–water partition coefficient (Wildman–Crippen LogP) is 2.42. The number of hydrogen-bond acceptors (Lipinski definition) is 7. The zero-order valence-corrected chi connectivity index (χ0v) is 20.3. The normalized spacial score (nSPS) is 10.3. The van der Waals surface area contributed by atoms with Gasteiger partial charge in [0.2, 0.25) is 17.7 Å². The lowest BCUT2D eigenvalue weighted by atomic mass is 10.1. The molecule has 10 heteroatoms. The van der Waals surface area contributed by atoms with Gasteiger partial charge in [0.25, 0.3) is 0 Å². The highest BCUT2D eigenvalue weighted by atomic mass is 16.5. The van der Waals surface area contributed by atoms with Crippen LogP contribution >= 0.6 is 0 Å². The summed E-state index contributed by atoms with van der Waals surface area (Å²) in [5.41, 5.74) is 1.39. The average Bonchev–Trinajstić information content (AvgIpc) is 2.89. The summed E-state index contributed by atoms with van der Waals surface area (Å²) >= 11 is 0. The van der Waals surface area contributed by atoms with Gasteiger partial charge in [-0.2, -0.15) is 0 Å². The zero-order valence-electron chi connectivity index (χ0n) is 20.3. The number of carbonyl (C=O) groups excluding carboxylic acids is 3. The van der Waals surface area contributed by atoms with Gasteiger partial charge in [0.05, 0.1) is 32.9 Å². The summed E-state index contributed by atoms with van der Waals surface area (Å²) in [6.45, 7) is 0.481. The summed E-state index contributed by atoms with van der Waals surface area (Å²) < 4.78 is 16.5. The number of carbonyl (C=O) groups is 3. The van der Waals surface area contributed by atoms with Crippen molar-refractivity contribution in [2.24, 2.45) is 0 Å². The molecule has 0 saturated carbocycles. The predicted molar refractivity (Wildman–Crippen MR) is 128 cm³/mol. The molecule has 3 amide bonds. The van der Waals surface area contributed by atoms with Crippen molar-refractivity contribution < 1.29 is 33.8 Å². The third kappa shape index (κ3) is 9.17. The van der Waals surface area contributed by atoms with Crippen LogP contribution in [0.25, 0.3) is 0 Å². The number of hydroxylamine groups is 2. The van der Waals surface area contributed by atoms with Crippen molar-refractivity contribution in [3.05, 3.63) is 53.6 Å². The number of rotatable bonds is 14. The van der Waals surface area contributed by atoms with E-state index in [2.05, 4.69) is 10.6 Å². The molecular formula is C25H33N3O7. The highest BCUT2D eigenvalue weighted by molar-refractivity contribution is 5.83. The molecule has 0 heterocycles. The van der Waals surface area contributed by atoms with Crippen molar-refractivity contribution in [3.8, 4) is 17.2 Å². The van der Waals surface area contributed by atoms with Gasteiger partial charge in [0.1, 0.15) is 17.2 Å². The quantitative estimate of drug-likeness (QED) is 0.212. The van der Waals surface area contributed by atoms with Gasteiger partial charge in [-0.25, -0.2) is 5.06 Å². The van der Waals surface area contributed by atoms with Gasteiger partial charge in [-0.15, -0.1) is 0 Å². The maximum absolute atomic E-state index is 12.4. The van der Waals surface area contributed by atoms with Crippen LogP contribution in [0.5, 0.6) is 17.2 Å². The van der Waals surface area contributed by atoms with Gasteiger partial charge in [0, 0.05) is 45.0 Å². The fourth-order valence-electron chi connectivity index (χ4n) is 3.22. The van der Waals surface area contributed by atoms with Crippen LogP contribution in [0.3, 0.4) is 0 Å². The molecule has 2 aromatic carbocycles. The van der Waals surface area contributed by atoms with Gasteiger partial charge >= 0.3 is 0 Å². The molecule has 35 heavy (non-hydrogen) atoms. The minimum atomic E-state index is -0.613. The maximum atomic E-state index is 12.4. The van der Waals surface area contributed by atoms with Crippen molar-refractivity contribution in [1.82, 2.24) is 15.7 Å². The summed E-state index contributed by atoms with van der Waals surface area (Å²) in [4.78, 5) is 35.8. The average molecular weight is 488 g/mol. The van der Waals surface area contributed by atoms with E-state index < -0.39 is 5.91 Å². The third-order valence-electron chi connectivity index (χ3n) is 5.17. The standard InChI is InChI=1S/C25H33N3O7/c1-26-23(29)10-7-13-35-19-14-21(33-2)20(22(15-19)34-3)17-28(32)25(31)12-11-24(30)27-16-18-8-5-4-6-9-18/h4-6,8-9,14-15,32H,7,10-13,16-17H2,1-3H3,(H,26,29)(H,27,30). The molecule has 0 aliphatic rings. The number of ether oxygens (including phenoxy) is 3. The number of hydrogen-bond donors (Lipinski definition) is 3. The Morgan fingerprint density at radius 3 is 2.20 bits per heavy atom. The van der Waals surface area contributed by atoms with Crippen molar-refractivity contribution in [2.45, 2.75) is 38.8 Å². The fraction of sp³-hybridized carbons (Fsp3) is 0.400. The number of amides is 3. The minimum absolute atomic E-state index is 0.0557. The first-order valence-electron chi connectivity index (χ1n) is 11.3. The summed E-state index contributed by atoms with van der Waals surface area (Å²) in [6, 6.07) is 12.7. The molecule has 0 unspecified atom stereocenters. The number of methoxy groups -OCH3 is 2. The largest absolute Gasteiger partial charge is 0.496 e. The smallest absolute Gasteiger partial charge is 0.246 e. The molecule has 0 aromatic heterocycles. The zero-order chi connectivity index (χ0) is 25.6. The fourth-order valence-corrected chi connectivity index (χ4v) is 3.22. The van der Waals surface area contributed by atoms with Crippen LogP contribution in [0, 0.1) is 0 Å². The van der Waals surface area contributed by atoms with Crippen LogP contribution in [0.2, 0.25) is 0 Å². The lowest BCUT2D eigenvalue weighted by Gasteiger charge is -2.20. The molecule has 10 nitrogen and oxygen atoms in total. The number of nitrogens with zero attached hydrogens (tertiary/aromatic N) is 1. The van der Waals surface area contributed by atoms with Crippen LogP contribution in [-0.2, 0) is 27.5 Å². The van der Waals surface area contributed by atoms with E-state index in [4.69, 9.17) is 14.2 Å². The molecule has 0 atom stereocenters. The lowest BCUT2D eigenvalue weighted by molar-refractivity contribution is -0.168. The van der Waals surface area contributed by atoms with E-state index >= 15 is 0 Å². The van der Waals surface area contributed by atoms with E-state index in [0.717, 1.165) is 5.56 Å². The van der Waals surface area contributed by atoms with Crippen LogP contribution in [0.15, 0.2) is 42.5 Å². The van der Waals surface area contributed by atoms with Gasteiger partial charge < -0.3 is 24.8 Å². The summed E-state index contributed by atoms with van der Waals surface area (Å²) in [7, 11) is 4.48. The Hall–Kier alpha value is -3.79. The second kappa shape index (κ2) is 14.5. The SMILES string of the molecule is CNC(=O)CCCOc1cc(OC)c(CN(O)C(=O)CCC(=O)NCc2ccccc2)c(OC)c1. The topological polar surface area (TPSA) is 126 Å². The minimum Gasteiger partial charge on any atom is -0.496 e. The molecular weight excluding hydrogens is 454 g/mol. The first-order chi connectivity index (χ1) is 16.9. The van der Waals surface area contributed by atoms with Gasteiger partial charge in [0.15, 0.2) is 0 Å². The highest BCUT2D eigenvalue weighted by Gasteiger charge is 2.20. The molecule has 2 rings (SSSR count). The Bertz CT molecular complexity index is 957. The van der Waals surface area contributed by atoms with Gasteiger partial charge in [-0.05, 0) is 12.0 Å². The Morgan fingerprint density at radius 2 is 1.60 bits per heavy atom. The Kier molecular flexibility index (Phi) is 11.3.